The number of thioether (sulfide) groups is 1. The second kappa shape index (κ2) is 2.73. The average Bonchev–Trinajstić information content (AvgIpc) is 1.88. The van der Waals surface area contributed by atoms with Gasteiger partial charge in [0.05, 0.1) is 0 Å². The van der Waals surface area contributed by atoms with Crippen LogP contribution >= 0.6 is 11.8 Å². The van der Waals surface area contributed by atoms with E-state index < -0.39 is 14.7 Å². The lowest BCUT2D eigenvalue weighted by atomic mass is 10.8. The molecule has 0 aliphatic carbocycles. The Hall–Kier alpha value is -0.330. The van der Waals surface area contributed by atoms with Crippen LogP contribution in [0.5, 0.6) is 0 Å². The van der Waals surface area contributed by atoms with Crippen LogP contribution in [0, 0.1) is 0 Å². The van der Waals surface area contributed by atoms with Gasteiger partial charge in [0.2, 0.25) is 0 Å². The molecule has 0 aromatic rings. The van der Waals surface area contributed by atoms with Gasteiger partial charge in [-0.15, -0.1) is 11.8 Å². The third-order valence-corrected chi connectivity index (χ3v) is 3.30. The van der Waals surface area contributed by atoms with E-state index in [0.717, 1.165) is 11.8 Å². The summed E-state index contributed by atoms with van der Waals surface area (Å²) in [5, 5.41) is 1.51. The zero-order valence-electron chi connectivity index (χ0n) is 4.84. The summed E-state index contributed by atoms with van der Waals surface area (Å²) < 4.78 is 28.3. The van der Waals surface area contributed by atoms with E-state index in [4.69, 9.17) is 4.55 Å². The molecule has 0 bridgehead atoms. The van der Waals surface area contributed by atoms with Crippen LogP contribution in [0.4, 0.5) is 0 Å². The summed E-state index contributed by atoms with van der Waals surface area (Å²) in [5.41, 5.74) is 0. The van der Waals surface area contributed by atoms with Gasteiger partial charge in [-0.3, -0.25) is 9.55 Å². The lowest BCUT2D eigenvalue weighted by Gasteiger charge is -2.06. The lowest BCUT2D eigenvalue weighted by Crippen LogP contribution is -2.18. The van der Waals surface area contributed by atoms with Crippen LogP contribution in [0.15, 0.2) is 16.6 Å². The SMILES string of the molecule is O=S(=O)(O)C1C=NC=CS1. The number of rotatable bonds is 1. The van der Waals surface area contributed by atoms with Gasteiger partial charge in [0.15, 0.2) is 4.58 Å². The molecule has 56 valence electrons. The molecule has 0 amide bonds. The normalized spacial score (nSPS) is 25.1. The summed E-state index contributed by atoms with van der Waals surface area (Å²) in [6.07, 6.45) is 2.65. The third-order valence-electron chi connectivity index (χ3n) is 0.861. The van der Waals surface area contributed by atoms with Gasteiger partial charge in [0.25, 0.3) is 10.1 Å². The maximum Gasteiger partial charge on any atom is 0.282 e. The zero-order valence-corrected chi connectivity index (χ0v) is 6.47. The summed E-state index contributed by atoms with van der Waals surface area (Å²) in [5.74, 6) is 0. The topological polar surface area (TPSA) is 66.7 Å². The molecule has 1 atom stereocenters. The fraction of sp³-hybridized carbons (Fsp3) is 0.250. The smallest absolute Gasteiger partial charge is 0.282 e. The van der Waals surface area contributed by atoms with Crippen molar-refractivity contribution in [3.8, 4) is 0 Å². The predicted molar refractivity (Wildman–Crippen MR) is 40.6 cm³/mol. The quantitative estimate of drug-likeness (QED) is 0.595. The first-order chi connectivity index (χ1) is 4.61. The van der Waals surface area contributed by atoms with Crippen LogP contribution in [-0.2, 0) is 10.1 Å². The summed E-state index contributed by atoms with van der Waals surface area (Å²) in [7, 11) is -3.96. The Morgan fingerprint density at radius 3 is 2.60 bits per heavy atom. The first-order valence-corrected chi connectivity index (χ1v) is 4.85. The van der Waals surface area contributed by atoms with Crippen molar-refractivity contribution in [1.82, 2.24) is 0 Å². The molecule has 1 heterocycles. The van der Waals surface area contributed by atoms with E-state index in [1.54, 1.807) is 0 Å². The van der Waals surface area contributed by atoms with Crippen molar-refractivity contribution in [3.05, 3.63) is 11.6 Å². The highest BCUT2D eigenvalue weighted by Gasteiger charge is 2.20. The molecule has 0 radical (unpaired) electrons. The molecule has 10 heavy (non-hydrogen) atoms. The number of hydrogen-bond acceptors (Lipinski definition) is 4. The number of hydrogen-bond donors (Lipinski definition) is 1. The second-order valence-corrected chi connectivity index (χ2v) is 4.49. The Morgan fingerprint density at radius 2 is 2.30 bits per heavy atom. The van der Waals surface area contributed by atoms with Gasteiger partial charge in [0, 0.05) is 12.4 Å². The molecule has 1 unspecified atom stereocenters. The molecule has 0 saturated heterocycles. The fourth-order valence-electron chi connectivity index (χ4n) is 0.450. The second-order valence-electron chi connectivity index (χ2n) is 1.60. The molecule has 0 spiro atoms. The van der Waals surface area contributed by atoms with Crippen LogP contribution in [0.2, 0.25) is 0 Å². The molecule has 4 nitrogen and oxygen atoms in total. The molecule has 1 aliphatic rings. The molecular weight excluding hydrogens is 174 g/mol. The maximum atomic E-state index is 10.4. The Balaban J connectivity index is 2.79. The molecule has 1 aliphatic heterocycles. The van der Waals surface area contributed by atoms with Crippen molar-refractivity contribution in [2.75, 3.05) is 0 Å². The van der Waals surface area contributed by atoms with E-state index in [9.17, 15) is 8.42 Å². The van der Waals surface area contributed by atoms with Crippen LogP contribution < -0.4 is 0 Å². The van der Waals surface area contributed by atoms with E-state index in [-0.39, 0.29) is 0 Å². The van der Waals surface area contributed by atoms with Gasteiger partial charge in [-0.1, -0.05) is 0 Å². The molecule has 0 aromatic heterocycles. The summed E-state index contributed by atoms with van der Waals surface area (Å²) in [4.78, 5) is 3.56. The van der Waals surface area contributed by atoms with Crippen molar-refractivity contribution in [3.63, 3.8) is 0 Å². The number of aliphatic imine (C=N–C) groups is 1. The van der Waals surface area contributed by atoms with Crippen molar-refractivity contribution in [2.45, 2.75) is 4.58 Å². The largest absolute Gasteiger partial charge is 0.284 e. The van der Waals surface area contributed by atoms with Gasteiger partial charge >= 0.3 is 0 Å². The molecule has 1 N–H and O–H groups in total. The third kappa shape index (κ3) is 1.83. The minimum Gasteiger partial charge on any atom is -0.284 e. The van der Waals surface area contributed by atoms with Gasteiger partial charge in [-0.05, 0) is 5.41 Å². The number of nitrogens with zero attached hydrogens (tertiary/aromatic N) is 1. The minimum atomic E-state index is -3.96. The lowest BCUT2D eigenvalue weighted by molar-refractivity contribution is 0.486. The van der Waals surface area contributed by atoms with Crippen LogP contribution in [-0.4, -0.2) is 23.8 Å². The first-order valence-electron chi connectivity index (χ1n) is 2.41. The molecule has 0 fully saturated rings. The van der Waals surface area contributed by atoms with Crippen molar-refractivity contribution >= 4 is 28.1 Å². The molecule has 1 rings (SSSR count). The van der Waals surface area contributed by atoms with E-state index in [2.05, 4.69) is 4.99 Å². The Bertz CT molecular complexity index is 266. The van der Waals surface area contributed by atoms with Crippen molar-refractivity contribution in [2.24, 2.45) is 4.99 Å². The van der Waals surface area contributed by atoms with Gasteiger partial charge in [-0.2, -0.15) is 8.42 Å². The van der Waals surface area contributed by atoms with Crippen molar-refractivity contribution < 1.29 is 13.0 Å². The van der Waals surface area contributed by atoms with Gasteiger partial charge < -0.3 is 0 Å². The highest BCUT2D eigenvalue weighted by Crippen LogP contribution is 2.18. The highest BCUT2D eigenvalue weighted by atomic mass is 32.3. The molecular formula is C4H5NO3S2. The van der Waals surface area contributed by atoms with E-state index >= 15 is 0 Å². The summed E-state index contributed by atoms with van der Waals surface area (Å²) >= 11 is 1.00. The van der Waals surface area contributed by atoms with Crippen LogP contribution in [0.3, 0.4) is 0 Å². The van der Waals surface area contributed by atoms with E-state index in [1.165, 1.54) is 17.8 Å². The fourth-order valence-corrected chi connectivity index (χ4v) is 1.86. The maximum absolute atomic E-state index is 10.4. The Morgan fingerprint density at radius 1 is 1.60 bits per heavy atom. The molecule has 6 heteroatoms. The molecule has 0 saturated carbocycles. The Kier molecular flexibility index (Phi) is 2.12. The zero-order chi connectivity index (χ0) is 7.61. The minimum absolute atomic E-state index is 0.933. The standard InChI is InChI=1S/C4H5NO3S2/c6-10(7,8)4-3-5-1-2-9-4/h1-4H,(H,6,7,8). The van der Waals surface area contributed by atoms with Crippen molar-refractivity contribution in [1.29, 1.82) is 0 Å². The van der Waals surface area contributed by atoms with Crippen LogP contribution in [0.25, 0.3) is 0 Å². The monoisotopic (exact) mass is 179 g/mol. The van der Waals surface area contributed by atoms with Crippen LogP contribution in [0.1, 0.15) is 0 Å². The van der Waals surface area contributed by atoms with E-state index in [1.807, 2.05) is 0 Å². The summed E-state index contributed by atoms with van der Waals surface area (Å²) in [6, 6.07) is 0. The van der Waals surface area contributed by atoms with E-state index in [0.29, 0.717) is 0 Å². The Labute approximate surface area is 62.8 Å². The molecule has 0 aromatic carbocycles. The summed E-state index contributed by atoms with van der Waals surface area (Å²) in [6.45, 7) is 0. The first kappa shape index (κ1) is 7.77. The average molecular weight is 179 g/mol. The predicted octanol–water partition coefficient (Wildman–Crippen LogP) is 0.489. The highest BCUT2D eigenvalue weighted by molar-refractivity contribution is 8.14. The van der Waals surface area contributed by atoms with Gasteiger partial charge in [0.1, 0.15) is 0 Å². The van der Waals surface area contributed by atoms with Gasteiger partial charge in [-0.25, -0.2) is 0 Å².